The van der Waals surface area contributed by atoms with E-state index < -0.39 is 0 Å². The summed E-state index contributed by atoms with van der Waals surface area (Å²) in [5.74, 6) is 0.674. The molecular weight excluding hydrogens is 276 g/mol. The van der Waals surface area contributed by atoms with Gasteiger partial charge in [-0.25, -0.2) is 4.52 Å². The van der Waals surface area contributed by atoms with Crippen LogP contribution in [0.1, 0.15) is 32.6 Å². The molecule has 0 radical (unpaired) electrons. The molecule has 5 nitrogen and oxygen atoms in total. The second-order valence-electron chi connectivity index (χ2n) is 5.67. The third kappa shape index (κ3) is 4.37. The molecule has 0 spiro atoms. The van der Waals surface area contributed by atoms with Crippen molar-refractivity contribution in [3.8, 4) is 5.88 Å². The molecule has 0 aliphatic heterocycles. The molecule has 2 aromatic heterocycles. The van der Waals surface area contributed by atoms with Crippen LogP contribution in [0.2, 0.25) is 0 Å². The van der Waals surface area contributed by atoms with E-state index in [4.69, 9.17) is 4.74 Å². The Morgan fingerprint density at radius 3 is 2.86 bits per heavy atom. The van der Waals surface area contributed by atoms with Crippen LogP contribution in [-0.4, -0.2) is 48.3 Å². The largest absolute Gasteiger partial charge is 0.474 e. The maximum Gasteiger partial charge on any atom is 0.257 e. The predicted molar refractivity (Wildman–Crippen MR) is 91.9 cm³/mol. The van der Waals surface area contributed by atoms with Gasteiger partial charge in [0.1, 0.15) is 12.3 Å². The van der Waals surface area contributed by atoms with Crippen LogP contribution in [0.25, 0.3) is 5.52 Å². The third-order valence-electron chi connectivity index (χ3n) is 3.86. The summed E-state index contributed by atoms with van der Waals surface area (Å²) in [5.41, 5.74) is 1.99. The number of pyridine rings is 1. The Hall–Kier alpha value is -1.75. The Morgan fingerprint density at radius 1 is 1.23 bits per heavy atom. The quantitative estimate of drug-likeness (QED) is 0.684. The second-order valence-corrected chi connectivity index (χ2v) is 5.67. The fraction of sp³-hybridized carbons (Fsp3) is 0.588. The van der Waals surface area contributed by atoms with Crippen LogP contribution in [0.3, 0.4) is 0 Å². The molecule has 0 aromatic carbocycles. The Labute approximate surface area is 133 Å². The Kier molecular flexibility index (Phi) is 6.52. The van der Waals surface area contributed by atoms with Gasteiger partial charge in [-0.15, -0.1) is 5.10 Å². The van der Waals surface area contributed by atoms with E-state index in [-0.39, 0.29) is 0 Å². The summed E-state index contributed by atoms with van der Waals surface area (Å²) in [6.07, 6.45) is 7.13. The average molecular weight is 304 g/mol. The molecule has 0 amide bonds. The van der Waals surface area contributed by atoms with Crippen molar-refractivity contribution in [2.45, 2.75) is 32.6 Å². The molecule has 2 rings (SSSR count). The first-order valence-electron chi connectivity index (χ1n) is 8.22. The van der Waals surface area contributed by atoms with Gasteiger partial charge in [0.05, 0.1) is 5.52 Å². The topological polar surface area (TPSA) is 41.8 Å². The molecular formula is C17H28N4O. The Morgan fingerprint density at radius 2 is 2.09 bits per heavy atom. The number of nitrogens with zero attached hydrogens (tertiary/aromatic N) is 3. The van der Waals surface area contributed by atoms with E-state index in [1.165, 1.54) is 25.7 Å². The summed E-state index contributed by atoms with van der Waals surface area (Å²) in [6, 6.07) is 6.00. The minimum Gasteiger partial charge on any atom is -0.474 e. The minimum absolute atomic E-state index is 0.656. The first-order valence-corrected chi connectivity index (χ1v) is 8.22. The maximum atomic E-state index is 5.88. The van der Waals surface area contributed by atoms with Gasteiger partial charge in [-0.05, 0) is 32.1 Å². The third-order valence-corrected chi connectivity index (χ3v) is 3.86. The van der Waals surface area contributed by atoms with Crippen molar-refractivity contribution in [1.29, 1.82) is 0 Å². The van der Waals surface area contributed by atoms with Crippen LogP contribution in [0.5, 0.6) is 5.88 Å². The average Bonchev–Trinajstić information content (AvgIpc) is 2.89. The Balaban J connectivity index is 1.81. The zero-order chi connectivity index (χ0) is 15.8. The monoisotopic (exact) mass is 304 g/mol. The van der Waals surface area contributed by atoms with Crippen molar-refractivity contribution in [3.05, 3.63) is 24.4 Å². The van der Waals surface area contributed by atoms with Gasteiger partial charge in [0, 0.05) is 19.8 Å². The number of hydrogen-bond donors (Lipinski definition) is 1. The summed E-state index contributed by atoms with van der Waals surface area (Å²) in [6.45, 7) is 4.95. The molecule has 0 saturated heterocycles. The van der Waals surface area contributed by atoms with Crippen molar-refractivity contribution < 1.29 is 4.74 Å². The van der Waals surface area contributed by atoms with Crippen molar-refractivity contribution in [2.24, 2.45) is 0 Å². The summed E-state index contributed by atoms with van der Waals surface area (Å²) in [7, 11) is 4.05. The van der Waals surface area contributed by atoms with Gasteiger partial charge in [-0.2, -0.15) is 0 Å². The lowest BCUT2D eigenvalue weighted by Crippen LogP contribution is -2.25. The molecule has 2 aromatic rings. The van der Waals surface area contributed by atoms with E-state index in [2.05, 4.69) is 29.3 Å². The first kappa shape index (κ1) is 16.6. The maximum absolute atomic E-state index is 5.88. The molecule has 0 unspecified atom stereocenters. The lowest BCUT2D eigenvalue weighted by Gasteiger charge is -2.16. The zero-order valence-corrected chi connectivity index (χ0v) is 14.0. The van der Waals surface area contributed by atoms with Gasteiger partial charge in [0.25, 0.3) is 5.88 Å². The molecule has 0 aliphatic rings. The van der Waals surface area contributed by atoms with Crippen molar-refractivity contribution in [1.82, 2.24) is 14.5 Å². The highest BCUT2D eigenvalue weighted by Gasteiger charge is 2.12. The van der Waals surface area contributed by atoms with Gasteiger partial charge in [0.2, 0.25) is 0 Å². The van der Waals surface area contributed by atoms with Crippen LogP contribution in [-0.2, 0) is 0 Å². The number of fused-ring (bicyclic) bond motifs is 1. The molecule has 5 heteroatoms. The van der Waals surface area contributed by atoms with E-state index in [0.29, 0.717) is 12.5 Å². The van der Waals surface area contributed by atoms with Crippen molar-refractivity contribution >= 4 is 11.2 Å². The first-order chi connectivity index (χ1) is 10.8. The molecule has 122 valence electrons. The predicted octanol–water partition coefficient (Wildman–Crippen LogP) is 3.27. The van der Waals surface area contributed by atoms with Gasteiger partial charge in [0.15, 0.2) is 0 Å². The van der Waals surface area contributed by atoms with E-state index in [9.17, 15) is 0 Å². The number of aromatic nitrogens is 2. The van der Waals surface area contributed by atoms with Gasteiger partial charge >= 0.3 is 0 Å². The van der Waals surface area contributed by atoms with Gasteiger partial charge in [-0.1, -0.05) is 32.3 Å². The van der Waals surface area contributed by atoms with Crippen LogP contribution in [0.15, 0.2) is 24.4 Å². The number of likely N-dealkylation sites (N-methyl/N-ethyl adjacent to an activating group) is 1. The molecule has 22 heavy (non-hydrogen) atoms. The standard InChI is InChI=1S/C17H28N4O/c1-4-5-6-8-11-20(3)13-14-22-17-16(18-2)15-10-7-9-12-21(15)19-17/h7,9-10,12,18H,4-6,8,11,13-14H2,1-3H3. The van der Waals surface area contributed by atoms with Crippen LogP contribution < -0.4 is 10.1 Å². The number of hydrogen-bond acceptors (Lipinski definition) is 4. The molecule has 0 bridgehead atoms. The number of rotatable bonds is 10. The summed E-state index contributed by atoms with van der Waals surface area (Å²) < 4.78 is 7.72. The highest BCUT2D eigenvalue weighted by atomic mass is 16.5. The van der Waals surface area contributed by atoms with E-state index in [1.807, 2.05) is 36.0 Å². The van der Waals surface area contributed by atoms with E-state index in [0.717, 1.165) is 24.3 Å². The van der Waals surface area contributed by atoms with Gasteiger partial charge in [-0.3, -0.25) is 0 Å². The van der Waals surface area contributed by atoms with Crippen molar-refractivity contribution in [2.75, 3.05) is 39.1 Å². The highest BCUT2D eigenvalue weighted by molar-refractivity contribution is 5.76. The molecule has 0 saturated carbocycles. The van der Waals surface area contributed by atoms with Crippen LogP contribution in [0.4, 0.5) is 5.69 Å². The minimum atomic E-state index is 0.656. The molecule has 2 heterocycles. The number of unbranched alkanes of at least 4 members (excludes halogenated alkanes) is 3. The summed E-state index contributed by atoms with van der Waals surface area (Å²) >= 11 is 0. The van der Waals surface area contributed by atoms with Gasteiger partial charge < -0.3 is 15.0 Å². The lowest BCUT2D eigenvalue weighted by molar-refractivity contribution is 0.229. The molecule has 0 atom stereocenters. The Bertz CT molecular complexity index is 567. The molecule has 0 aliphatic carbocycles. The number of anilines is 1. The van der Waals surface area contributed by atoms with Crippen molar-refractivity contribution in [3.63, 3.8) is 0 Å². The van der Waals surface area contributed by atoms with E-state index >= 15 is 0 Å². The smallest absolute Gasteiger partial charge is 0.257 e. The number of nitrogens with one attached hydrogen (secondary N) is 1. The molecule has 0 fully saturated rings. The summed E-state index contributed by atoms with van der Waals surface area (Å²) in [4.78, 5) is 2.32. The van der Waals surface area contributed by atoms with Crippen LogP contribution >= 0.6 is 0 Å². The zero-order valence-electron chi connectivity index (χ0n) is 14.0. The SMILES string of the molecule is CCCCCCN(C)CCOc1nn2ccccc2c1NC. The summed E-state index contributed by atoms with van der Waals surface area (Å²) in [5, 5.41) is 7.66. The van der Waals surface area contributed by atoms with E-state index in [1.54, 1.807) is 0 Å². The normalized spacial score (nSPS) is 11.3. The molecule has 1 N–H and O–H groups in total. The lowest BCUT2D eigenvalue weighted by atomic mass is 10.2. The number of ether oxygens (including phenoxy) is 1. The second kappa shape index (κ2) is 8.63. The fourth-order valence-electron chi connectivity index (χ4n) is 2.53. The fourth-order valence-corrected chi connectivity index (χ4v) is 2.53. The highest BCUT2D eigenvalue weighted by Crippen LogP contribution is 2.27. The van der Waals surface area contributed by atoms with Crippen LogP contribution in [0, 0.1) is 0 Å².